The minimum Gasteiger partial charge on any atom is -0.366 e. The highest BCUT2D eigenvalue weighted by molar-refractivity contribution is 7.92. The van der Waals surface area contributed by atoms with Crippen LogP contribution in [-0.2, 0) is 20.0 Å². The average molecular weight is 612 g/mol. The van der Waals surface area contributed by atoms with Crippen LogP contribution in [0.25, 0.3) is 0 Å². The zero-order chi connectivity index (χ0) is 28.5. The summed E-state index contributed by atoms with van der Waals surface area (Å²) in [6, 6.07) is 17.3. The number of piperazine rings is 1. The van der Waals surface area contributed by atoms with Gasteiger partial charge in [-0.3, -0.25) is 9.10 Å². The molecule has 1 fully saturated rings. The Kier molecular flexibility index (Phi) is 8.48. The lowest BCUT2D eigenvalue weighted by Crippen LogP contribution is -2.53. The number of para-hydroxylation sites is 1. The van der Waals surface area contributed by atoms with E-state index in [1.165, 1.54) is 47.8 Å². The lowest BCUT2D eigenvalue weighted by molar-refractivity contribution is 0.102. The highest BCUT2D eigenvalue weighted by atomic mass is 35.5. The third kappa shape index (κ3) is 6.50. The van der Waals surface area contributed by atoms with Crippen LogP contribution in [0.3, 0.4) is 0 Å². The fraction of sp³-hybridized carbons (Fsp3) is 0.269. The molecule has 13 heteroatoms. The number of carbonyl (C=O) groups is 1. The van der Waals surface area contributed by atoms with Gasteiger partial charge in [-0.15, -0.1) is 0 Å². The minimum atomic E-state index is -3.78. The first kappa shape index (κ1) is 29.2. The van der Waals surface area contributed by atoms with Crippen molar-refractivity contribution in [1.29, 1.82) is 0 Å². The van der Waals surface area contributed by atoms with Gasteiger partial charge in [0.05, 0.1) is 22.4 Å². The topological polar surface area (TPSA) is 107 Å². The zero-order valence-electron chi connectivity index (χ0n) is 21.5. The summed E-state index contributed by atoms with van der Waals surface area (Å²) in [6.45, 7) is 2.95. The lowest BCUT2D eigenvalue weighted by atomic mass is 10.1. The summed E-state index contributed by atoms with van der Waals surface area (Å²) < 4.78 is 53.2. The van der Waals surface area contributed by atoms with Gasteiger partial charge in [-0.2, -0.15) is 4.31 Å². The predicted octanol–water partition coefficient (Wildman–Crippen LogP) is 4.54. The van der Waals surface area contributed by atoms with Crippen molar-refractivity contribution in [3.8, 4) is 0 Å². The molecule has 0 unspecified atom stereocenters. The maximum absolute atomic E-state index is 13.4. The van der Waals surface area contributed by atoms with Crippen LogP contribution in [0.15, 0.2) is 71.6 Å². The fourth-order valence-electron chi connectivity index (χ4n) is 4.41. The van der Waals surface area contributed by atoms with Gasteiger partial charge in [0.25, 0.3) is 5.91 Å². The van der Waals surface area contributed by atoms with E-state index in [9.17, 15) is 21.6 Å². The lowest BCUT2D eigenvalue weighted by Gasteiger charge is -2.40. The third-order valence-corrected chi connectivity index (χ3v) is 10.0. The van der Waals surface area contributed by atoms with E-state index in [1.807, 2.05) is 6.92 Å². The van der Waals surface area contributed by atoms with E-state index in [-0.39, 0.29) is 35.3 Å². The second-order valence-electron chi connectivity index (χ2n) is 9.26. The molecule has 0 aliphatic carbocycles. The number of nitrogens with zero attached hydrogens (tertiary/aromatic N) is 3. The summed E-state index contributed by atoms with van der Waals surface area (Å²) >= 11 is 12.3. The van der Waals surface area contributed by atoms with Crippen molar-refractivity contribution in [3.05, 3.63) is 82.3 Å². The molecule has 1 N–H and O–H groups in total. The molecule has 0 spiro atoms. The van der Waals surface area contributed by atoms with Crippen LogP contribution in [0, 0.1) is 0 Å². The van der Waals surface area contributed by atoms with Crippen LogP contribution in [0.2, 0.25) is 10.0 Å². The molecule has 1 atom stereocenters. The Hall–Kier alpha value is -2.83. The van der Waals surface area contributed by atoms with E-state index in [0.717, 1.165) is 16.2 Å². The number of hydrogen-bond acceptors (Lipinski definition) is 6. The molecule has 1 saturated heterocycles. The van der Waals surface area contributed by atoms with Crippen molar-refractivity contribution in [1.82, 2.24) is 4.31 Å². The molecule has 208 valence electrons. The summed E-state index contributed by atoms with van der Waals surface area (Å²) in [7, 11) is -5.99. The molecule has 3 aromatic rings. The standard InChI is InChI=1S/C26H28Cl2N4O5S2/c1-18-17-31(12-13-32(18)22-15-19(27)14-20(28)16-22)39(36,37)23-10-8-21(9-11-23)29-26(33)24-6-4-5-7-25(24)30(2)38(3,34)35/h4-11,14-16,18H,12-13,17H2,1-3H3,(H,29,33)/t18-/m1/s1. The van der Waals surface area contributed by atoms with Crippen LogP contribution >= 0.6 is 23.2 Å². The first-order valence-corrected chi connectivity index (χ1v) is 16.0. The minimum absolute atomic E-state index is 0.101. The normalized spacial score (nSPS) is 16.6. The van der Waals surface area contributed by atoms with Gasteiger partial charge in [0.1, 0.15) is 0 Å². The number of nitrogens with one attached hydrogen (secondary N) is 1. The summed E-state index contributed by atoms with van der Waals surface area (Å²) in [6.07, 6.45) is 1.05. The van der Waals surface area contributed by atoms with E-state index >= 15 is 0 Å². The SMILES string of the molecule is C[C@@H]1CN(S(=O)(=O)c2ccc(NC(=O)c3ccccc3N(C)S(C)(=O)=O)cc2)CCN1c1cc(Cl)cc(Cl)c1. The van der Waals surface area contributed by atoms with Crippen molar-refractivity contribution in [3.63, 3.8) is 0 Å². The number of benzene rings is 3. The molecular formula is C26H28Cl2N4O5S2. The molecular weight excluding hydrogens is 583 g/mol. The molecule has 1 amide bonds. The van der Waals surface area contributed by atoms with Crippen LogP contribution in [0.1, 0.15) is 17.3 Å². The van der Waals surface area contributed by atoms with Gasteiger partial charge in [-0.1, -0.05) is 35.3 Å². The Morgan fingerprint density at radius 1 is 0.949 bits per heavy atom. The van der Waals surface area contributed by atoms with Gasteiger partial charge in [-0.05, 0) is 61.5 Å². The maximum Gasteiger partial charge on any atom is 0.257 e. The summed E-state index contributed by atoms with van der Waals surface area (Å²) in [5.41, 5.74) is 1.59. The number of halogens is 2. The molecule has 0 radical (unpaired) electrons. The smallest absolute Gasteiger partial charge is 0.257 e. The number of anilines is 3. The summed E-state index contributed by atoms with van der Waals surface area (Å²) in [5, 5.41) is 3.73. The Labute approximate surface area is 239 Å². The third-order valence-electron chi connectivity index (χ3n) is 6.50. The van der Waals surface area contributed by atoms with Gasteiger partial charge in [0.2, 0.25) is 20.0 Å². The van der Waals surface area contributed by atoms with Gasteiger partial charge in [-0.25, -0.2) is 16.8 Å². The first-order chi connectivity index (χ1) is 18.3. The van der Waals surface area contributed by atoms with Gasteiger partial charge in [0.15, 0.2) is 0 Å². The second kappa shape index (κ2) is 11.3. The molecule has 4 rings (SSSR count). The molecule has 9 nitrogen and oxygen atoms in total. The van der Waals surface area contributed by atoms with E-state index in [0.29, 0.717) is 22.3 Å². The van der Waals surface area contributed by atoms with Gasteiger partial charge < -0.3 is 10.2 Å². The summed E-state index contributed by atoms with van der Waals surface area (Å²) in [4.78, 5) is 15.1. The van der Waals surface area contributed by atoms with Crippen LogP contribution in [0.5, 0.6) is 0 Å². The second-order valence-corrected chi connectivity index (χ2v) is 14.1. The van der Waals surface area contributed by atoms with Crippen molar-refractivity contribution in [2.24, 2.45) is 0 Å². The average Bonchev–Trinajstić information content (AvgIpc) is 2.87. The zero-order valence-corrected chi connectivity index (χ0v) is 24.6. The number of sulfonamides is 2. The molecule has 1 aliphatic rings. The number of hydrogen-bond donors (Lipinski definition) is 1. The molecule has 0 saturated carbocycles. The Morgan fingerprint density at radius 2 is 1.56 bits per heavy atom. The predicted molar refractivity (Wildman–Crippen MR) is 156 cm³/mol. The molecule has 0 bridgehead atoms. The number of amides is 1. The Morgan fingerprint density at radius 3 is 2.15 bits per heavy atom. The Balaban J connectivity index is 1.47. The molecule has 1 heterocycles. The van der Waals surface area contributed by atoms with Gasteiger partial charge in [0, 0.05) is 54.1 Å². The van der Waals surface area contributed by atoms with Crippen molar-refractivity contribution in [2.75, 3.05) is 47.5 Å². The van der Waals surface area contributed by atoms with Crippen LogP contribution in [-0.4, -0.2) is 66.0 Å². The highest BCUT2D eigenvalue weighted by Crippen LogP contribution is 2.30. The van der Waals surface area contributed by atoms with Crippen LogP contribution < -0.4 is 14.5 Å². The first-order valence-electron chi connectivity index (χ1n) is 11.9. The van der Waals surface area contributed by atoms with Crippen molar-refractivity contribution >= 4 is 66.2 Å². The Bertz CT molecular complexity index is 1580. The van der Waals surface area contributed by atoms with E-state index in [1.54, 1.807) is 30.3 Å². The largest absolute Gasteiger partial charge is 0.366 e. The van der Waals surface area contributed by atoms with E-state index in [2.05, 4.69) is 10.2 Å². The van der Waals surface area contributed by atoms with Crippen molar-refractivity contribution < 1.29 is 21.6 Å². The molecule has 1 aliphatic heterocycles. The van der Waals surface area contributed by atoms with E-state index < -0.39 is 26.0 Å². The van der Waals surface area contributed by atoms with Gasteiger partial charge >= 0.3 is 0 Å². The molecule has 0 aromatic heterocycles. The molecule has 3 aromatic carbocycles. The van der Waals surface area contributed by atoms with Crippen molar-refractivity contribution in [2.45, 2.75) is 17.9 Å². The quantitative estimate of drug-likeness (QED) is 0.421. The highest BCUT2D eigenvalue weighted by Gasteiger charge is 2.32. The van der Waals surface area contributed by atoms with Crippen LogP contribution in [0.4, 0.5) is 17.1 Å². The maximum atomic E-state index is 13.4. The number of carbonyl (C=O) groups excluding carboxylic acids is 1. The number of rotatable bonds is 7. The fourth-order valence-corrected chi connectivity index (χ4v) is 6.95. The monoisotopic (exact) mass is 610 g/mol. The molecule has 39 heavy (non-hydrogen) atoms. The summed E-state index contributed by atoms with van der Waals surface area (Å²) in [5.74, 6) is -0.525. The van der Waals surface area contributed by atoms with E-state index in [4.69, 9.17) is 23.2 Å².